The van der Waals surface area contributed by atoms with Crippen LogP contribution in [0.25, 0.3) is 43.8 Å². The van der Waals surface area contributed by atoms with Gasteiger partial charge >= 0.3 is 0 Å². The summed E-state index contributed by atoms with van der Waals surface area (Å²) in [6, 6.07) is 15.7. The number of hydrogen-bond acceptors (Lipinski definition) is 1. The molecule has 0 heterocycles. The van der Waals surface area contributed by atoms with Crippen LogP contribution in [0.5, 0.6) is 5.75 Å². The van der Waals surface area contributed by atoms with E-state index in [4.69, 9.17) is 0 Å². The van der Waals surface area contributed by atoms with Gasteiger partial charge in [0.2, 0.25) is 11.6 Å². The van der Waals surface area contributed by atoms with E-state index in [0.717, 1.165) is 19.2 Å². The first-order valence-electron chi connectivity index (χ1n) is 10.1. The first kappa shape index (κ1) is 21.8. The van der Waals surface area contributed by atoms with Crippen molar-refractivity contribution in [2.75, 3.05) is 7.11 Å². The fourth-order valence-electron chi connectivity index (χ4n) is 4.39. The van der Waals surface area contributed by atoms with E-state index in [1.807, 2.05) is 0 Å². The van der Waals surface area contributed by atoms with Gasteiger partial charge < -0.3 is 4.74 Å². The number of fused-ring (bicyclic) bond motifs is 2. The molecule has 1 nitrogen and oxygen atoms in total. The Morgan fingerprint density at radius 2 is 1.00 bits per heavy atom. The van der Waals surface area contributed by atoms with Crippen molar-refractivity contribution < 1.29 is 31.1 Å². The zero-order valence-corrected chi connectivity index (χ0v) is 17.5. The van der Waals surface area contributed by atoms with E-state index >= 15 is 8.78 Å². The average molecular weight is 468 g/mol. The highest BCUT2D eigenvalue weighted by Gasteiger charge is 2.30. The minimum Gasteiger partial charge on any atom is -0.491 e. The van der Waals surface area contributed by atoms with Crippen molar-refractivity contribution in [3.05, 3.63) is 102 Å². The van der Waals surface area contributed by atoms with Gasteiger partial charge in [-0.3, -0.25) is 0 Å². The number of rotatable bonds is 3. The van der Waals surface area contributed by atoms with E-state index in [1.54, 1.807) is 36.4 Å². The summed E-state index contributed by atoms with van der Waals surface area (Å²) in [4.78, 5) is 0. The van der Waals surface area contributed by atoms with Crippen molar-refractivity contribution in [1.29, 1.82) is 0 Å². The van der Waals surface area contributed by atoms with E-state index in [1.165, 1.54) is 18.2 Å². The molecule has 0 fully saturated rings. The molecule has 34 heavy (non-hydrogen) atoms. The SMILES string of the molecule is COc1c(F)c(F)c(-c2c3ccccc3c(-c3ccc(F)cc3F)c3ccccc23)c(F)c1F. The standard InChI is InChI=1S/C27H14F6O/c1-34-27-25(32)23(30)22(24(31)26(27)33)21-16-8-4-2-6-14(16)20(15-7-3-5-9-17(15)21)18-11-10-13(28)12-19(18)29/h2-12H,1H3. The quantitative estimate of drug-likeness (QED) is 0.147. The van der Waals surface area contributed by atoms with Crippen molar-refractivity contribution in [1.82, 2.24) is 0 Å². The second-order valence-corrected chi connectivity index (χ2v) is 7.63. The van der Waals surface area contributed by atoms with Gasteiger partial charge in [-0.05, 0) is 33.7 Å². The second kappa shape index (κ2) is 8.09. The Morgan fingerprint density at radius 1 is 0.529 bits per heavy atom. The summed E-state index contributed by atoms with van der Waals surface area (Å²) >= 11 is 0. The van der Waals surface area contributed by atoms with E-state index in [9.17, 15) is 17.6 Å². The molecule has 5 aromatic rings. The first-order valence-corrected chi connectivity index (χ1v) is 10.1. The Hall–Kier alpha value is -4.00. The van der Waals surface area contributed by atoms with Crippen LogP contribution in [0.3, 0.4) is 0 Å². The molecule has 0 saturated carbocycles. The summed E-state index contributed by atoms with van der Waals surface area (Å²) in [6.07, 6.45) is 0. The lowest BCUT2D eigenvalue weighted by atomic mass is 9.85. The highest BCUT2D eigenvalue weighted by Crippen LogP contribution is 2.46. The highest BCUT2D eigenvalue weighted by molar-refractivity contribution is 6.21. The maximum Gasteiger partial charge on any atom is 0.204 e. The maximum absolute atomic E-state index is 15.2. The monoisotopic (exact) mass is 468 g/mol. The average Bonchev–Trinajstić information content (AvgIpc) is 2.83. The number of hydrogen-bond donors (Lipinski definition) is 0. The smallest absolute Gasteiger partial charge is 0.204 e. The Kier molecular flexibility index (Phi) is 5.20. The van der Waals surface area contributed by atoms with E-state index in [-0.39, 0.29) is 21.9 Å². The van der Waals surface area contributed by atoms with Gasteiger partial charge in [0.25, 0.3) is 0 Å². The molecule has 0 N–H and O–H groups in total. The molecule has 0 aliphatic rings. The summed E-state index contributed by atoms with van der Waals surface area (Å²) < 4.78 is 92.6. The molecule has 0 aliphatic carbocycles. The lowest BCUT2D eigenvalue weighted by molar-refractivity contribution is 0.334. The van der Waals surface area contributed by atoms with E-state index < -0.39 is 46.2 Å². The Labute approximate surface area is 189 Å². The Bertz CT molecular complexity index is 1520. The summed E-state index contributed by atoms with van der Waals surface area (Å²) in [5.74, 6) is -9.34. The molecular weight excluding hydrogens is 454 g/mol. The molecule has 0 spiro atoms. The Balaban J connectivity index is 2.02. The highest BCUT2D eigenvalue weighted by atomic mass is 19.2. The molecule has 5 rings (SSSR count). The molecule has 0 atom stereocenters. The van der Waals surface area contributed by atoms with Crippen LogP contribution < -0.4 is 4.74 Å². The lowest BCUT2D eigenvalue weighted by Gasteiger charge is -2.19. The molecule has 0 bridgehead atoms. The minimum atomic E-state index is -1.67. The van der Waals surface area contributed by atoms with Gasteiger partial charge in [-0.1, -0.05) is 48.5 Å². The van der Waals surface area contributed by atoms with Crippen molar-refractivity contribution in [2.45, 2.75) is 0 Å². The largest absolute Gasteiger partial charge is 0.491 e. The molecular formula is C27H14F6O. The van der Waals surface area contributed by atoms with Crippen LogP contribution >= 0.6 is 0 Å². The van der Waals surface area contributed by atoms with Crippen LogP contribution in [0, 0.1) is 34.9 Å². The third kappa shape index (κ3) is 3.11. The number of ether oxygens (including phenoxy) is 1. The van der Waals surface area contributed by atoms with Gasteiger partial charge in [0.05, 0.1) is 12.7 Å². The number of benzene rings is 5. The zero-order chi connectivity index (χ0) is 24.1. The van der Waals surface area contributed by atoms with Gasteiger partial charge in [0, 0.05) is 22.8 Å². The topological polar surface area (TPSA) is 9.23 Å². The molecule has 0 radical (unpaired) electrons. The predicted molar refractivity (Wildman–Crippen MR) is 119 cm³/mol. The van der Waals surface area contributed by atoms with Gasteiger partial charge in [-0.2, -0.15) is 8.78 Å². The molecule has 0 aliphatic heterocycles. The van der Waals surface area contributed by atoms with Crippen LogP contribution in [0.2, 0.25) is 0 Å². The van der Waals surface area contributed by atoms with Crippen molar-refractivity contribution in [3.63, 3.8) is 0 Å². The normalized spacial score (nSPS) is 11.4. The first-order chi connectivity index (χ1) is 16.3. The third-order valence-electron chi connectivity index (χ3n) is 5.81. The van der Waals surface area contributed by atoms with Crippen LogP contribution in [-0.2, 0) is 0 Å². The number of halogens is 6. The summed E-state index contributed by atoms with van der Waals surface area (Å²) in [5, 5.41) is 1.16. The van der Waals surface area contributed by atoms with E-state index in [0.29, 0.717) is 16.3 Å². The minimum absolute atomic E-state index is 0.0633. The van der Waals surface area contributed by atoms with Crippen LogP contribution in [0.1, 0.15) is 0 Å². The van der Waals surface area contributed by atoms with Crippen LogP contribution in [-0.4, -0.2) is 7.11 Å². The molecule has 5 aromatic carbocycles. The Morgan fingerprint density at radius 3 is 1.44 bits per heavy atom. The van der Waals surface area contributed by atoms with Crippen LogP contribution in [0.15, 0.2) is 66.7 Å². The van der Waals surface area contributed by atoms with Crippen molar-refractivity contribution >= 4 is 21.5 Å². The van der Waals surface area contributed by atoms with Gasteiger partial charge in [0.15, 0.2) is 17.4 Å². The lowest BCUT2D eigenvalue weighted by Crippen LogP contribution is -2.05. The van der Waals surface area contributed by atoms with Gasteiger partial charge in [-0.25, -0.2) is 17.6 Å². The van der Waals surface area contributed by atoms with Gasteiger partial charge in [-0.15, -0.1) is 0 Å². The zero-order valence-electron chi connectivity index (χ0n) is 17.5. The molecule has 0 saturated heterocycles. The number of methoxy groups -OCH3 is 1. The fourth-order valence-corrected chi connectivity index (χ4v) is 4.39. The summed E-state index contributed by atoms with van der Waals surface area (Å²) in [7, 11) is 0.900. The molecule has 0 amide bonds. The molecule has 170 valence electrons. The second-order valence-electron chi connectivity index (χ2n) is 7.63. The molecule has 0 aromatic heterocycles. The van der Waals surface area contributed by atoms with E-state index in [2.05, 4.69) is 4.74 Å². The van der Waals surface area contributed by atoms with Crippen molar-refractivity contribution in [2.24, 2.45) is 0 Å². The fraction of sp³-hybridized carbons (Fsp3) is 0.0370. The maximum atomic E-state index is 15.2. The summed E-state index contributed by atoms with van der Waals surface area (Å²) in [5.41, 5.74) is -0.599. The third-order valence-corrected chi connectivity index (χ3v) is 5.81. The summed E-state index contributed by atoms with van der Waals surface area (Å²) in [6.45, 7) is 0. The van der Waals surface area contributed by atoms with Gasteiger partial charge in [0.1, 0.15) is 11.6 Å². The van der Waals surface area contributed by atoms with Crippen LogP contribution in [0.4, 0.5) is 26.3 Å². The predicted octanol–water partition coefficient (Wildman–Crippen LogP) is 8.17. The van der Waals surface area contributed by atoms with Crippen molar-refractivity contribution in [3.8, 4) is 28.0 Å². The molecule has 0 unspecified atom stereocenters. The molecule has 7 heteroatoms.